The normalized spacial score (nSPS) is 18.1. The van der Waals surface area contributed by atoms with E-state index in [1.807, 2.05) is 24.3 Å². The highest BCUT2D eigenvalue weighted by Crippen LogP contribution is 2.44. The Morgan fingerprint density at radius 2 is 1.80 bits per heavy atom. The Kier molecular flexibility index (Phi) is 7.52. The molecule has 10 nitrogen and oxygen atoms in total. The molecule has 4 aromatic rings. The van der Waals surface area contributed by atoms with E-state index in [0.29, 0.717) is 10.6 Å². The number of anilines is 1. The number of amides is 2. The highest BCUT2D eigenvalue weighted by Gasteiger charge is 2.36. The molecule has 2 aliphatic heterocycles. The minimum absolute atomic E-state index is 0.0982. The van der Waals surface area contributed by atoms with Crippen LogP contribution in [-0.2, 0) is 9.47 Å². The van der Waals surface area contributed by atoms with Gasteiger partial charge >= 0.3 is 6.09 Å². The van der Waals surface area contributed by atoms with E-state index in [-0.39, 0.29) is 12.9 Å². The van der Waals surface area contributed by atoms with E-state index in [1.165, 1.54) is 17.0 Å². The van der Waals surface area contributed by atoms with Gasteiger partial charge in [-0.3, -0.25) is 9.69 Å². The molecule has 0 radical (unpaired) electrons. The fourth-order valence-corrected chi connectivity index (χ4v) is 6.66. The number of carbonyl (C=O) groups excluding carboxylic acids is 1. The van der Waals surface area contributed by atoms with Gasteiger partial charge in [0.2, 0.25) is 0 Å². The van der Waals surface area contributed by atoms with Crippen LogP contribution in [0.5, 0.6) is 5.75 Å². The smallest absolute Gasteiger partial charge is 0.414 e. The zero-order valence-corrected chi connectivity index (χ0v) is 24.0. The van der Waals surface area contributed by atoms with Gasteiger partial charge in [-0.2, -0.15) is 0 Å². The summed E-state index contributed by atoms with van der Waals surface area (Å²) in [7, 11) is 3.33. The first-order valence-electron chi connectivity index (χ1n) is 13.6. The van der Waals surface area contributed by atoms with Crippen molar-refractivity contribution in [3.05, 3.63) is 53.4 Å². The third-order valence-electron chi connectivity index (χ3n) is 7.84. The molecule has 1 fully saturated rings. The lowest BCUT2D eigenvalue weighted by Gasteiger charge is -2.37. The maximum atomic E-state index is 13.1. The topological polar surface area (TPSA) is 105 Å². The molecule has 41 heavy (non-hydrogen) atoms. The van der Waals surface area contributed by atoms with Crippen molar-refractivity contribution in [2.45, 2.75) is 19.3 Å². The highest BCUT2D eigenvalue weighted by molar-refractivity contribution is 7.21. The molecule has 2 aromatic heterocycles. The number of aromatic nitrogens is 1. The second-order valence-electron chi connectivity index (χ2n) is 10.3. The van der Waals surface area contributed by atoms with Gasteiger partial charge in [-0.05, 0) is 43.3 Å². The maximum Gasteiger partial charge on any atom is 0.414 e. The van der Waals surface area contributed by atoms with E-state index in [2.05, 4.69) is 34.1 Å². The number of carboxylic acid groups (broad SMARTS) is 1. The lowest BCUT2D eigenvalue weighted by atomic mass is 10.1. The average molecular weight is 577 g/mol. The summed E-state index contributed by atoms with van der Waals surface area (Å²) in [6.07, 6.45) is -1.48. The second kappa shape index (κ2) is 11.2. The molecular formula is C30H32N4O6S. The molecule has 2 aliphatic rings. The molecule has 0 spiro atoms. The number of pyridine rings is 1. The summed E-state index contributed by atoms with van der Waals surface area (Å²) < 4.78 is 17.6. The largest absolute Gasteiger partial charge is 0.489 e. The minimum atomic E-state index is -1.27. The molecule has 11 heteroatoms. The maximum absolute atomic E-state index is 13.1. The standard InChI is InChI=1S/C30H32N4O6S/c1-18-17-40-27-26-21-8-9-22(31-23(21)10-11-24(26)41-28(27)29(35)34(18)30(36)37)19-4-6-20(7-5-19)33-14-12-32(13-15-33)16-25(38-2)39-3/h4-11,18,25H,12-17H2,1-3H3,(H,36,37). The third kappa shape index (κ3) is 5.10. The first kappa shape index (κ1) is 27.4. The fourth-order valence-electron chi connectivity index (χ4n) is 5.56. The summed E-state index contributed by atoms with van der Waals surface area (Å²) in [5.74, 6) is -0.109. The van der Waals surface area contributed by atoms with E-state index in [9.17, 15) is 14.7 Å². The van der Waals surface area contributed by atoms with E-state index < -0.39 is 18.0 Å². The van der Waals surface area contributed by atoms with Crippen LogP contribution in [0.2, 0.25) is 0 Å². The van der Waals surface area contributed by atoms with Crippen LogP contribution >= 0.6 is 11.3 Å². The van der Waals surface area contributed by atoms with Crippen LogP contribution in [0.4, 0.5) is 10.5 Å². The van der Waals surface area contributed by atoms with Crippen LogP contribution in [-0.4, -0.2) is 97.8 Å². The Hall–Kier alpha value is -3.77. The Morgan fingerprint density at radius 3 is 2.49 bits per heavy atom. The van der Waals surface area contributed by atoms with Crippen LogP contribution in [0.3, 0.4) is 0 Å². The molecule has 1 N–H and O–H groups in total. The van der Waals surface area contributed by atoms with Crippen molar-refractivity contribution in [1.29, 1.82) is 0 Å². The number of methoxy groups -OCH3 is 2. The Bertz CT molecular complexity index is 1590. The predicted octanol–water partition coefficient (Wildman–Crippen LogP) is 4.76. The molecule has 2 aromatic carbocycles. The summed E-state index contributed by atoms with van der Waals surface area (Å²) in [4.78, 5) is 35.7. The van der Waals surface area contributed by atoms with Gasteiger partial charge in [-0.25, -0.2) is 14.7 Å². The molecule has 1 saturated heterocycles. The molecule has 6 rings (SSSR count). The first-order valence-corrected chi connectivity index (χ1v) is 14.4. The molecule has 1 unspecified atom stereocenters. The van der Waals surface area contributed by atoms with Crippen LogP contribution in [0, 0.1) is 0 Å². The first-order chi connectivity index (χ1) is 19.9. The van der Waals surface area contributed by atoms with Crippen molar-refractivity contribution in [2.24, 2.45) is 0 Å². The molecule has 0 saturated carbocycles. The van der Waals surface area contributed by atoms with E-state index in [4.69, 9.17) is 19.2 Å². The monoisotopic (exact) mass is 576 g/mol. The van der Waals surface area contributed by atoms with Gasteiger partial charge in [0.25, 0.3) is 5.91 Å². The number of nitrogens with zero attached hydrogens (tertiary/aromatic N) is 4. The number of piperazine rings is 1. The number of thiophene rings is 1. The number of imide groups is 1. The molecule has 0 bridgehead atoms. The van der Waals surface area contributed by atoms with Crippen molar-refractivity contribution in [1.82, 2.24) is 14.8 Å². The molecule has 2 amide bonds. The number of hydrogen-bond acceptors (Lipinski definition) is 9. The molecular weight excluding hydrogens is 544 g/mol. The highest BCUT2D eigenvalue weighted by atomic mass is 32.1. The van der Waals surface area contributed by atoms with Gasteiger partial charge < -0.3 is 24.2 Å². The number of carbonyl (C=O) groups is 2. The summed E-state index contributed by atoms with van der Waals surface area (Å²) in [6.45, 7) is 6.28. The molecule has 1 atom stereocenters. The Morgan fingerprint density at radius 1 is 1.07 bits per heavy atom. The quantitative estimate of drug-likeness (QED) is 0.325. The van der Waals surface area contributed by atoms with Gasteiger partial charge in [-0.15, -0.1) is 11.3 Å². The Labute approximate surface area is 241 Å². The molecule has 4 heterocycles. The lowest BCUT2D eigenvalue weighted by molar-refractivity contribution is -0.116. The van der Waals surface area contributed by atoms with Crippen LogP contribution in [0.1, 0.15) is 16.6 Å². The van der Waals surface area contributed by atoms with Gasteiger partial charge in [-0.1, -0.05) is 12.1 Å². The number of benzene rings is 2. The van der Waals surface area contributed by atoms with Crippen molar-refractivity contribution in [3.8, 4) is 17.0 Å². The number of hydrogen-bond donors (Lipinski definition) is 1. The summed E-state index contributed by atoms with van der Waals surface area (Å²) in [5, 5.41) is 11.3. The second-order valence-corrected chi connectivity index (χ2v) is 11.4. The lowest BCUT2D eigenvalue weighted by Crippen LogP contribution is -2.49. The zero-order chi connectivity index (χ0) is 28.7. The van der Waals surface area contributed by atoms with Crippen LogP contribution in [0.25, 0.3) is 32.2 Å². The SMILES string of the molecule is COC(CN1CCN(c2ccc(-c3ccc4c(ccc5sc6c(c54)OCC(C)N(C(=O)O)C6=O)n3)cc2)CC1)OC. The van der Waals surface area contributed by atoms with Crippen LogP contribution < -0.4 is 9.64 Å². The number of fused-ring (bicyclic) bond motifs is 5. The van der Waals surface area contributed by atoms with Crippen molar-refractivity contribution in [2.75, 3.05) is 58.5 Å². The van der Waals surface area contributed by atoms with E-state index in [0.717, 1.165) is 69.9 Å². The number of ether oxygens (including phenoxy) is 3. The third-order valence-corrected chi connectivity index (χ3v) is 8.96. The Balaban J connectivity index is 1.23. The zero-order valence-electron chi connectivity index (χ0n) is 23.2. The van der Waals surface area contributed by atoms with E-state index in [1.54, 1.807) is 21.1 Å². The predicted molar refractivity (Wildman–Crippen MR) is 158 cm³/mol. The van der Waals surface area contributed by atoms with Gasteiger partial charge in [0.15, 0.2) is 12.0 Å². The fraction of sp³-hybridized carbons (Fsp3) is 0.367. The van der Waals surface area contributed by atoms with Gasteiger partial charge in [0.05, 0.1) is 17.3 Å². The summed E-state index contributed by atoms with van der Waals surface area (Å²) in [5.41, 5.74) is 3.82. The molecule has 214 valence electrons. The summed E-state index contributed by atoms with van der Waals surface area (Å²) in [6, 6.07) is 15.7. The summed E-state index contributed by atoms with van der Waals surface area (Å²) >= 11 is 1.25. The van der Waals surface area contributed by atoms with Gasteiger partial charge in [0, 0.05) is 73.7 Å². The minimum Gasteiger partial charge on any atom is -0.489 e. The van der Waals surface area contributed by atoms with Crippen molar-refractivity contribution in [3.63, 3.8) is 0 Å². The van der Waals surface area contributed by atoms with E-state index >= 15 is 0 Å². The van der Waals surface area contributed by atoms with Crippen molar-refractivity contribution >= 4 is 50.0 Å². The van der Waals surface area contributed by atoms with Crippen LogP contribution in [0.15, 0.2) is 48.5 Å². The number of rotatable bonds is 6. The van der Waals surface area contributed by atoms with Gasteiger partial charge in [0.1, 0.15) is 11.5 Å². The molecule has 0 aliphatic carbocycles. The average Bonchev–Trinajstić information content (AvgIpc) is 3.32. The van der Waals surface area contributed by atoms with Crippen molar-refractivity contribution < 1.29 is 28.9 Å².